The highest BCUT2D eigenvalue weighted by Crippen LogP contribution is 2.33. The van der Waals surface area contributed by atoms with E-state index in [2.05, 4.69) is 27.1 Å². The molecule has 36 heavy (non-hydrogen) atoms. The lowest BCUT2D eigenvalue weighted by molar-refractivity contribution is -0.113. The van der Waals surface area contributed by atoms with Crippen LogP contribution in [0.25, 0.3) is 11.4 Å². The van der Waals surface area contributed by atoms with Gasteiger partial charge < -0.3 is 14.8 Å². The Kier molecular flexibility index (Phi) is 8.63. The summed E-state index contributed by atoms with van der Waals surface area (Å²) in [5.41, 5.74) is 1.94. The van der Waals surface area contributed by atoms with Crippen molar-refractivity contribution in [3.05, 3.63) is 76.8 Å². The number of amides is 1. The van der Waals surface area contributed by atoms with E-state index in [-0.39, 0.29) is 11.7 Å². The molecule has 0 saturated carbocycles. The molecule has 0 atom stereocenters. The number of thioether (sulfide) groups is 1. The van der Waals surface area contributed by atoms with E-state index in [1.54, 1.807) is 26.5 Å². The normalized spacial score (nSPS) is 10.8. The maximum absolute atomic E-state index is 12.6. The fourth-order valence-electron chi connectivity index (χ4n) is 3.41. The number of thiazole rings is 1. The number of anilines is 1. The number of hydrogen-bond acceptors (Lipinski definition) is 8. The molecule has 0 aliphatic heterocycles. The van der Waals surface area contributed by atoms with Gasteiger partial charge >= 0.3 is 0 Å². The molecule has 4 rings (SSSR count). The summed E-state index contributed by atoms with van der Waals surface area (Å²) in [6, 6.07) is 13.2. The van der Waals surface area contributed by atoms with Crippen LogP contribution in [0, 0.1) is 0 Å². The Morgan fingerprint density at radius 3 is 2.67 bits per heavy atom. The van der Waals surface area contributed by atoms with Crippen LogP contribution in [0.3, 0.4) is 0 Å². The number of carbonyl (C=O) groups excluding carboxylic acids is 1. The number of allylic oxidation sites excluding steroid dienone is 1. The van der Waals surface area contributed by atoms with Crippen LogP contribution in [-0.4, -0.2) is 45.6 Å². The molecule has 1 amide bonds. The standard InChI is InChI=1S/C25H24ClN5O3S2/c1-4-11-31-23(17-7-10-20(33-2)21(13-17)34-3)29-30-25(31)35-15-22(32)28-24-27-14-19(36-24)12-16-5-8-18(26)9-6-16/h4-10,13-14H,1,11-12,15H2,2-3H3,(H,27,28,32). The van der Waals surface area contributed by atoms with E-state index in [0.717, 1.165) is 22.4 Å². The molecule has 1 N–H and O–H groups in total. The molecule has 2 aromatic heterocycles. The third kappa shape index (κ3) is 6.26. The third-order valence-corrected chi connectivity index (χ3v) is 7.23. The van der Waals surface area contributed by atoms with Gasteiger partial charge in [-0.1, -0.05) is 41.6 Å². The van der Waals surface area contributed by atoms with Gasteiger partial charge in [0.2, 0.25) is 5.91 Å². The van der Waals surface area contributed by atoms with Gasteiger partial charge in [-0.05, 0) is 35.9 Å². The van der Waals surface area contributed by atoms with Gasteiger partial charge in [-0.2, -0.15) is 0 Å². The molecule has 0 radical (unpaired) electrons. The molecule has 2 aromatic carbocycles. The van der Waals surface area contributed by atoms with Crippen LogP contribution in [0.5, 0.6) is 11.5 Å². The van der Waals surface area contributed by atoms with Crippen LogP contribution >= 0.6 is 34.7 Å². The first-order valence-corrected chi connectivity index (χ1v) is 13.1. The van der Waals surface area contributed by atoms with Gasteiger partial charge in [0.25, 0.3) is 0 Å². The van der Waals surface area contributed by atoms with Gasteiger partial charge in [0, 0.05) is 34.6 Å². The minimum atomic E-state index is -0.173. The number of hydrogen-bond donors (Lipinski definition) is 1. The van der Waals surface area contributed by atoms with E-state index in [0.29, 0.717) is 39.2 Å². The molecule has 0 aliphatic carbocycles. The van der Waals surface area contributed by atoms with E-state index < -0.39 is 0 Å². The molecule has 8 nitrogen and oxygen atoms in total. The van der Waals surface area contributed by atoms with E-state index in [9.17, 15) is 4.79 Å². The number of ether oxygens (including phenoxy) is 2. The van der Waals surface area contributed by atoms with Gasteiger partial charge in [-0.15, -0.1) is 28.1 Å². The lowest BCUT2D eigenvalue weighted by Gasteiger charge is -2.11. The number of nitrogens with one attached hydrogen (secondary N) is 1. The van der Waals surface area contributed by atoms with Crippen LogP contribution in [0.2, 0.25) is 5.02 Å². The van der Waals surface area contributed by atoms with E-state index in [4.69, 9.17) is 21.1 Å². The van der Waals surface area contributed by atoms with Crippen molar-refractivity contribution in [1.82, 2.24) is 19.7 Å². The van der Waals surface area contributed by atoms with Gasteiger partial charge in [0.15, 0.2) is 27.6 Å². The maximum atomic E-state index is 12.6. The SMILES string of the molecule is C=CCn1c(SCC(=O)Nc2ncc(Cc3ccc(Cl)cc3)s2)nnc1-c1ccc(OC)c(OC)c1. The number of rotatable bonds is 11. The topological polar surface area (TPSA) is 91.2 Å². The van der Waals surface area contributed by atoms with Crippen LogP contribution in [0.4, 0.5) is 5.13 Å². The summed E-state index contributed by atoms with van der Waals surface area (Å²) in [7, 11) is 3.17. The van der Waals surface area contributed by atoms with Crippen molar-refractivity contribution in [1.29, 1.82) is 0 Å². The van der Waals surface area contributed by atoms with Crippen LogP contribution in [-0.2, 0) is 17.8 Å². The first-order valence-electron chi connectivity index (χ1n) is 10.9. The summed E-state index contributed by atoms with van der Waals surface area (Å²) >= 11 is 8.69. The summed E-state index contributed by atoms with van der Waals surface area (Å²) in [5, 5.41) is 13.4. The van der Waals surface area contributed by atoms with E-state index >= 15 is 0 Å². The highest BCUT2D eigenvalue weighted by Gasteiger charge is 2.17. The average Bonchev–Trinajstić information content (AvgIpc) is 3.50. The molecule has 0 unspecified atom stereocenters. The molecule has 11 heteroatoms. The Labute approximate surface area is 222 Å². The second-order valence-corrected chi connectivity index (χ2v) is 10.0. The predicted molar refractivity (Wildman–Crippen MR) is 144 cm³/mol. The fourth-order valence-corrected chi connectivity index (χ4v) is 5.15. The van der Waals surface area contributed by atoms with Crippen molar-refractivity contribution in [2.75, 3.05) is 25.3 Å². The largest absolute Gasteiger partial charge is 0.493 e. The Balaban J connectivity index is 1.40. The summed E-state index contributed by atoms with van der Waals surface area (Å²) in [4.78, 5) is 18.0. The fraction of sp³-hybridized carbons (Fsp3) is 0.200. The second-order valence-electron chi connectivity index (χ2n) is 7.55. The van der Waals surface area contributed by atoms with Crippen molar-refractivity contribution in [3.8, 4) is 22.9 Å². The molecular weight excluding hydrogens is 518 g/mol. The highest BCUT2D eigenvalue weighted by atomic mass is 35.5. The second kappa shape index (κ2) is 12.1. The van der Waals surface area contributed by atoms with Crippen molar-refractivity contribution in [2.24, 2.45) is 0 Å². The third-order valence-electron chi connectivity index (χ3n) is 5.09. The van der Waals surface area contributed by atoms with Crippen molar-refractivity contribution in [2.45, 2.75) is 18.1 Å². The Morgan fingerprint density at radius 2 is 1.94 bits per heavy atom. The van der Waals surface area contributed by atoms with Crippen molar-refractivity contribution < 1.29 is 14.3 Å². The lowest BCUT2D eigenvalue weighted by atomic mass is 10.1. The molecule has 4 aromatic rings. The number of aromatic nitrogens is 4. The molecule has 186 valence electrons. The van der Waals surface area contributed by atoms with Crippen LogP contribution in [0.15, 0.2) is 66.5 Å². The Bertz CT molecular complexity index is 1350. The Hall–Kier alpha value is -3.34. The molecule has 0 bridgehead atoms. The molecule has 0 saturated heterocycles. The van der Waals surface area contributed by atoms with Gasteiger partial charge in [-0.25, -0.2) is 4.98 Å². The predicted octanol–water partition coefficient (Wildman–Crippen LogP) is 5.58. The zero-order valence-corrected chi connectivity index (χ0v) is 22.1. The smallest absolute Gasteiger partial charge is 0.236 e. The maximum Gasteiger partial charge on any atom is 0.236 e. The average molecular weight is 542 g/mol. The first-order chi connectivity index (χ1) is 17.5. The van der Waals surface area contributed by atoms with Gasteiger partial charge in [0.05, 0.1) is 20.0 Å². The van der Waals surface area contributed by atoms with Gasteiger partial charge in [-0.3, -0.25) is 9.36 Å². The summed E-state index contributed by atoms with van der Waals surface area (Å²) in [5.74, 6) is 1.85. The number of nitrogens with zero attached hydrogens (tertiary/aromatic N) is 4. The first kappa shape index (κ1) is 25.7. The van der Waals surface area contributed by atoms with Crippen molar-refractivity contribution >= 4 is 45.7 Å². The van der Waals surface area contributed by atoms with Crippen LogP contribution < -0.4 is 14.8 Å². The molecule has 2 heterocycles. The molecule has 0 fully saturated rings. The monoisotopic (exact) mass is 541 g/mol. The van der Waals surface area contributed by atoms with E-state index in [1.165, 1.54) is 23.1 Å². The number of methoxy groups -OCH3 is 2. The number of benzene rings is 2. The van der Waals surface area contributed by atoms with Gasteiger partial charge in [0.1, 0.15) is 0 Å². The van der Waals surface area contributed by atoms with Crippen molar-refractivity contribution in [3.63, 3.8) is 0 Å². The van der Waals surface area contributed by atoms with E-state index in [1.807, 2.05) is 47.0 Å². The summed E-state index contributed by atoms with van der Waals surface area (Å²) < 4.78 is 12.6. The molecular formula is C25H24ClN5O3S2. The molecule has 0 aliphatic rings. The quantitative estimate of drug-likeness (QED) is 0.196. The minimum absolute atomic E-state index is 0.160. The van der Waals surface area contributed by atoms with Crippen LogP contribution in [0.1, 0.15) is 10.4 Å². The Morgan fingerprint density at radius 1 is 1.17 bits per heavy atom. The zero-order valence-electron chi connectivity index (χ0n) is 19.7. The minimum Gasteiger partial charge on any atom is -0.493 e. The lowest BCUT2D eigenvalue weighted by Crippen LogP contribution is -2.14. The molecule has 0 spiro atoms. The number of carbonyl (C=O) groups is 1. The zero-order chi connectivity index (χ0) is 25.5. The summed E-state index contributed by atoms with van der Waals surface area (Å²) in [6.45, 7) is 4.32. The number of halogens is 1. The highest BCUT2D eigenvalue weighted by molar-refractivity contribution is 7.99. The summed E-state index contributed by atoms with van der Waals surface area (Å²) in [6.07, 6.45) is 4.26.